The number of ether oxygens (including phenoxy) is 2. The third kappa shape index (κ3) is 6.04. The molecule has 2 rings (SSSR count). The molecule has 148 valence electrons. The lowest BCUT2D eigenvalue weighted by molar-refractivity contribution is 0.0506. The molecule has 0 aliphatic carbocycles. The molecule has 0 aliphatic heterocycles. The summed E-state index contributed by atoms with van der Waals surface area (Å²) in [5.41, 5.74) is 5.20. The van der Waals surface area contributed by atoms with Crippen LogP contribution in [0.3, 0.4) is 0 Å². The van der Waals surface area contributed by atoms with Crippen LogP contribution in [0, 0.1) is 13.8 Å². The number of methoxy groups -OCH3 is 1. The lowest BCUT2D eigenvalue weighted by atomic mass is 9.85. The van der Waals surface area contributed by atoms with Gasteiger partial charge in [-0.15, -0.1) is 0 Å². The summed E-state index contributed by atoms with van der Waals surface area (Å²) in [5, 5.41) is 2.63. The van der Waals surface area contributed by atoms with Crippen LogP contribution < -0.4 is 15.3 Å². The van der Waals surface area contributed by atoms with E-state index in [1.807, 2.05) is 0 Å². The first-order valence-corrected chi connectivity index (χ1v) is 10.4. The number of rotatable bonds is 7. The minimum Gasteiger partial charge on any atom is -0.467 e. The summed E-state index contributed by atoms with van der Waals surface area (Å²) in [7, 11) is 6.45. The summed E-state index contributed by atoms with van der Waals surface area (Å²) < 4.78 is 11.3. The molecule has 2 aromatic rings. The van der Waals surface area contributed by atoms with Crippen molar-refractivity contribution in [2.45, 2.75) is 46.6 Å². The average Bonchev–Trinajstić information content (AvgIpc) is 2.54. The predicted octanol–water partition coefficient (Wildman–Crippen LogP) is 4.27. The van der Waals surface area contributed by atoms with E-state index in [2.05, 4.69) is 83.9 Å². The molecule has 27 heavy (non-hydrogen) atoms. The summed E-state index contributed by atoms with van der Waals surface area (Å²) in [6, 6.07) is 11.3. The van der Waals surface area contributed by atoms with Gasteiger partial charge in [-0.25, -0.2) is 0 Å². The molecule has 0 radical (unpaired) electrons. The molecule has 3 nitrogen and oxygen atoms in total. The van der Waals surface area contributed by atoms with Crippen molar-refractivity contribution in [3.05, 3.63) is 52.6 Å². The molecule has 0 bridgehead atoms. The molecule has 0 fully saturated rings. The first-order valence-electron chi connectivity index (χ1n) is 9.40. The van der Waals surface area contributed by atoms with Crippen LogP contribution in [0.4, 0.5) is 0 Å². The second-order valence-corrected chi connectivity index (χ2v) is 9.84. The molecule has 0 saturated heterocycles. The number of aryl methyl sites for hydroxylation is 2. The normalized spacial score (nSPS) is 12.3. The highest BCUT2D eigenvalue weighted by Gasteiger charge is 2.23. The van der Waals surface area contributed by atoms with Crippen molar-refractivity contribution < 1.29 is 9.47 Å². The van der Waals surface area contributed by atoms with Gasteiger partial charge in [-0.3, -0.25) is 0 Å². The SMILES string of the molecule is COCOc1c(Pc2ccc(C)cc2CN(C)C)cc(C)cc1C(C)(C)C. The van der Waals surface area contributed by atoms with E-state index >= 15 is 0 Å². The van der Waals surface area contributed by atoms with Crippen molar-refractivity contribution in [1.29, 1.82) is 0 Å². The fourth-order valence-corrected chi connectivity index (χ4v) is 4.55. The van der Waals surface area contributed by atoms with Gasteiger partial charge in [-0.1, -0.05) is 59.2 Å². The highest BCUT2D eigenvalue weighted by atomic mass is 31.1. The number of benzene rings is 2. The zero-order valence-corrected chi connectivity index (χ0v) is 19.1. The van der Waals surface area contributed by atoms with E-state index in [0.29, 0.717) is 8.58 Å². The van der Waals surface area contributed by atoms with E-state index in [4.69, 9.17) is 9.47 Å². The molecule has 0 saturated carbocycles. The van der Waals surface area contributed by atoms with Crippen LogP contribution in [0.1, 0.15) is 43.0 Å². The van der Waals surface area contributed by atoms with Gasteiger partial charge in [0, 0.05) is 24.5 Å². The molecule has 1 atom stereocenters. The van der Waals surface area contributed by atoms with E-state index < -0.39 is 0 Å². The van der Waals surface area contributed by atoms with Gasteiger partial charge in [0.1, 0.15) is 5.75 Å². The molecule has 0 amide bonds. The monoisotopic (exact) mass is 387 g/mol. The van der Waals surface area contributed by atoms with Crippen molar-refractivity contribution in [2.24, 2.45) is 0 Å². The quantitative estimate of drug-likeness (QED) is 0.523. The topological polar surface area (TPSA) is 21.7 Å². The van der Waals surface area contributed by atoms with Gasteiger partial charge in [0.25, 0.3) is 0 Å². The Morgan fingerprint density at radius 1 is 0.963 bits per heavy atom. The zero-order chi connectivity index (χ0) is 20.2. The summed E-state index contributed by atoms with van der Waals surface area (Å²) in [4.78, 5) is 2.22. The lowest BCUT2D eigenvalue weighted by Gasteiger charge is -2.26. The van der Waals surface area contributed by atoms with Gasteiger partial charge in [0.2, 0.25) is 0 Å². The average molecular weight is 388 g/mol. The van der Waals surface area contributed by atoms with Crippen molar-refractivity contribution in [3.63, 3.8) is 0 Å². The Kier molecular flexibility index (Phi) is 7.45. The van der Waals surface area contributed by atoms with Crippen LogP contribution in [0.25, 0.3) is 0 Å². The Hall–Kier alpha value is -1.41. The van der Waals surface area contributed by atoms with Crippen LogP contribution in [-0.2, 0) is 16.7 Å². The number of hydrogen-bond donors (Lipinski definition) is 0. The predicted molar refractivity (Wildman–Crippen MR) is 119 cm³/mol. The van der Waals surface area contributed by atoms with E-state index in [-0.39, 0.29) is 12.2 Å². The van der Waals surface area contributed by atoms with E-state index in [9.17, 15) is 0 Å². The minimum atomic E-state index is 0.00800. The highest BCUT2D eigenvalue weighted by molar-refractivity contribution is 7.55. The first kappa shape index (κ1) is 21.9. The van der Waals surface area contributed by atoms with E-state index in [1.54, 1.807) is 7.11 Å². The van der Waals surface area contributed by atoms with Gasteiger partial charge in [0.05, 0.1) is 0 Å². The maximum atomic E-state index is 6.09. The number of hydrogen-bond acceptors (Lipinski definition) is 3. The Balaban J connectivity index is 2.54. The molecule has 0 N–H and O–H groups in total. The smallest absolute Gasteiger partial charge is 0.188 e. The summed E-state index contributed by atoms with van der Waals surface area (Å²) >= 11 is 0. The third-order valence-electron chi connectivity index (χ3n) is 4.38. The van der Waals surface area contributed by atoms with Crippen molar-refractivity contribution in [1.82, 2.24) is 4.90 Å². The second-order valence-electron chi connectivity index (χ2n) is 8.51. The van der Waals surface area contributed by atoms with Gasteiger partial charge < -0.3 is 14.4 Å². The molecule has 0 aliphatic rings. The van der Waals surface area contributed by atoms with Crippen LogP contribution >= 0.6 is 8.58 Å². The van der Waals surface area contributed by atoms with E-state index in [1.165, 1.54) is 32.9 Å². The Bertz CT molecular complexity index is 779. The van der Waals surface area contributed by atoms with Crippen LogP contribution in [0.15, 0.2) is 30.3 Å². The standard InChI is InChI=1S/C23H34NO2P/c1-16-9-10-20(18(11-16)14-24(6)7)27-21-13-17(2)12-19(23(3,4)5)22(21)26-15-25-8/h9-13,27H,14-15H2,1-8H3. The molecule has 4 heteroatoms. The summed E-state index contributed by atoms with van der Waals surface area (Å²) in [6.45, 7) is 12.2. The van der Waals surface area contributed by atoms with Crippen LogP contribution in [0.5, 0.6) is 5.75 Å². The second kappa shape index (κ2) is 9.19. The fraction of sp³-hybridized carbons (Fsp3) is 0.478. The molecule has 0 spiro atoms. The maximum absolute atomic E-state index is 6.09. The molecular formula is C23H34NO2P. The van der Waals surface area contributed by atoms with Crippen LogP contribution in [0.2, 0.25) is 0 Å². The molecule has 0 heterocycles. The van der Waals surface area contributed by atoms with Crippen molar-refractivity contribution in [2.75, 3.05) is 28.0 Å². The van der Waals surface area contributed by atoms with Crippen molar-refractivity contribution in [3.8, 4) is 5.75 Å². The third-order valence-corrected chi connectivity index (χ3v) is 5.78. The van der Waals surface area contributed by atoms with Crippen molar-refractivity contribution >= 4 is 19.2 Å². The summed E-state index contributed by atoms with van der Waals surface area (Å²) in [5.74, 6) is 0.977. The number of nitrogens with zero attached hydrogens (tertiary/aromatic N) is 1. The Morgan fingerprint density at radius 2 is 1.67 bits per heavy atom. The van der Waals surface area contributed by atoms with Gasteiger partial charge in [-0.2, -0.15) is 0 Å². The molecule has 1 unspecified atom stereocenters. The Morgan fingerprint density at radius 3 is 2.26 bits per heavy atom. The fourth-order valence-electron chi connectivity index (χ4n) is 3.16. The van der Waals surface area contributed by atoms with Crippen LogP contribution in [-0.4, -0.2) is 32.9 Å². The van der Waals surface area contributed by atoms with Gasteiger partial charge in [0.15, 0.2) is 6.79 Å². The lowest BCUT2D eigenvalue weighted by Crippen LogP contribution is -2.22. The van der Waals surface area contributed by atoms with Gasteiger partial charge >= 0.3 is 0 Å². The maximum Gasteiger partial charge on any atom is 0.188 e. The largest absolute Gasteiger partial charge is 0.467 e. The van der Waals surface area contributed by atoms with E-state index in [0.717, 1.165) is 12.3 Å². The molecular weight excluding hydrogens is 353 g/mol. The minimum absolute atomic E-state index is 0.00800. The van der Waals surface area contributed by atoms with Gasteiger partial charge in [-0.05, 0) is 55.9 Å². The molecule has 0 aromatic heterocycles. The Labute approximate surface area is 166 Å². The first-order chi connectivity index (χ1) is 12.6. The highest BCUT2D eigenvalue weighted by Crippen LogP contribution is 2.34. The zero-order valence-electron chi connectivity index (χ0n) is 18.1. The molecule has 2 aromatic carbocycles. The summed E-state index contributed by atoms with van der Waals surface area (Å²) in [6.07, 6.45) is 0.